The van der Waals surface area contributed by atoms with Gasteiger partial charge in [0.25, 0.3) is 0 Å². The number of aliphatic hydroxyl groups is 1. The number of rotatable bonds is 7. The molecule has 122 valence electrons. The molecular weight excluding hydrogens is 283 g/mol. The number of likely N-dealkylation sites (tertiary alicyclic amines) is 1. The Hall–Kier alpha value is -1.46. The molecule has 0 radical (unpaired) electrons. The zero-order valence-corrected chi connectivity index (χ0v) is 13.1. The van der Waals surface area contributed by atoms with Crippen molar-refractivity contribution in [2.24, 2.45) is 0 Å². The maximum Gasteiger partial charge on any atom is 0.237 e. The number of hydrogen-bond donors (Lipinski definition) is 2. The van der Waals surface area contributed by atoms with Gasteiger partial charge in [0.15, 0.2) is 0 Å². The van der Waals surface area contributed by atoms with Crippen molar-refractivity contribution in [3.05, 3.63) is 35.6 Å². The van der Waals surface area contributed by atoms with Crippen molar-refractivity contribution < 1.29 is 14.3 Å². The Morgan fingerprint density at radius 1 is 1.45 bits per heavy atom. The van der Waals surface area contributed by atoms with Crippen LogP contribution in [-0.2, 0) is 11.3 Å². The van der Waals surface area contributed by atoms with Crippen LogP contribution < -0.4 is 5.32 Å². The van der Waals surface area contributed by atoms with Gasteiger partial charge < -0.3 is 10.4 Å². The zero-order chi connectivity index (χ0) is 15.9. The summed E-state index contributed by atoms with van der Waals surface area (Å²) in [6.07, 6.45) is 3.35. The third kappa shape index (κ3) is 4.78. The van der Waals surface area contributed by atoms with Gasteiger partial charge in [0.05, 0.1) is 6.04 Å². The van der Waals surface area contributed by atoms with E-state index in [0.29, 0.717) is 13.0 Å². The summed E-state index contributed by atoms with van der Waals surface area (Å²) >= 11 is 0. The van der Waals surface area contributed by atoms with Crippen molar-refractivity contribution >= 4 is 5.91 Å². The third-order valence-corrected chi connectivity index (χ3v) is 4.15. The molecule has 22 heavy (non-hydrogen) atoms. The van der Waals surface area contributed by atoms with Crippen LogP contribution in [0.2, 0.25) is 0 Å². The molecule has 0 bridgehead atoms. The monoisotopic (exact) mass is 308 g/mol. The highest BCUT2D eigenvalue weighted by atomic mass is 19.1. The van der Waals surface area contributed by atoms with Crippen LogP contribution in [0.4, 0.5) is 4.39 Å². The maximum atomic E-state index is 13.0. The Morgan fingerprint density at radius 2 is 2.18 bits per heavy atom. The molecule has 0 spiro atoms. The van der Waals surface area contributed by atoms with Crippen LogP contribution in [0, 0.1) is 5.82 Å². The number of nitrogens with zero attached hydrogens (tertiary/aromatic N) is 1. The van der Waals surface area contributed by atoms with Gasteiger partial charge in [-0.2, -0.15) is 0 Å². The van der Waals surface area contributed by atoms with E-state index < -0.39 is 0 Å². The van der Waals surface area contributed by atoms with Gasteiger partial charge in [-0.3, -0.25) is 9.69 Å². The Balaban J connectivity index is 1.89. The van der Waals surface area contributed by atoms with E-state index in [0.717, 1.165) is 31.4 Å². The second-order valence-corrected chi connectivity index (χ2v) is 6.03. The van der Waals surface area contributed by atoms with Crippen LogP contribution >= 0.6 is 0 Å². The quantitative estimate of drug-likeness (QED) is 0.811. The van der Waals surface area contributed by atoms with Crippen molar-refractivity contribution in [1.29, 1.82) is 0 Å². The van der Waals surface area contributed by atoms with Gasteiger partial charge in [0, 0.05) is 19.2 Å². The lowest BCUT2D eigenvalue weighted by Gasteiger charge is -2.25. The lowest BCUT2D eigenvalue weighted by atomic mass is 10.1. The highest BCUT2D eigenvalue weighted by molar-refractivity contribution is 5.82. The summed E-state index contributed by atoms with van der Waals surface area (Å²) in [6.45, 7) is 3.68. The first-order valence-corrected chi connectivity index (χ1v) is 8.00. The van der Waals surface area contributed by atoms with E-state index in [-0.39, 0.29) is 30.4 Å². The summed E-state index contributed by atoms with van der Waals surface area (Å²) < 4.78 is 13.0. The average molecular weight is 308 g/mol. The number of aliphatic hydroxyl groups excluding tert-OH is 1. The molecule has 2 rings (SSSR count). The predicted molar refractivity (Wildman–Crippen MR) is 83.8 cm³/mol. The Labute approximate surface area is 131 Å². The number of carbonyl (C=O) groups is 1. The molecule has 0 saturated carbocycles. The molecule has 1 amide bonds. The fraction of sp³-hybridized carbons (Fsp3) is 0.588. The summed E-state index contributed by atoms with van der Waals surface area (Å²) in [7, 11) is 0. The first-order valence-electron chi connectivity index (χ1n) is 8.00. The van der Waals surface area contributed by atoms with Crippen molar-refractivity contribution in [2.75, 3.05) is 13.2 Å². The van der Waals surface area contributed by atoms with Crippen molar-refractivity contribution in [3.8, 4) is 0 Å². The number of halogens is 1. The second-order valence-electron chi connectivity index (χ2n) is 6.03. The second kappa shape index (κ2) is 8.25. The van der Waals surface area contributed by atoms with Crippen molar-refractivity contribution in [2.45, 2.75) is 51.2 Å². The highest BCUT2D eigenvalue weighted by Crippen LogP contribution is 2.20. The van der Waals surface area contributed by atoms with Gasteiger partial charge in [-0.25, -0.2) is 4.39 Å². The van der Waals surface area contributed by atoms with Gasteiger partial charge in [0.2, 0.25) is 5.91 Å². The van der Waals surface area contributed by atoms with Crippen LogP contribution in [0.5, 0.6) is 0 Å². The summed E-state index contributed by atoms with van der Waals surface area (Å²) in [5.41, 5.74) is 1.02. The van der Waals surface area contributed by atoms with Gasteiger partial charge in [-0.15, -0.1) is 0 Å². The normalized spacial score (nSPS) is 20.0. The molecule has 1 aliphatic rings. The minimum Gasteiger partial charge on any atom is -0.396 e. The van der Waals surface area contributed by atoms with Gasteiger partial charge in [0.1, 0.15) is 5.82 Å². The highest BCUT2D eigenvalue weighted by Gasteiger charge is 2.31. The smallest absolute Gasteiger partial charge is 0.237 e. The fourth-order valence-corrected chi connectivity index (χ4v) is 2.95. The van der Waals surface area contributed by atoms with Crippen molar-refractivity contribution in [3.63, 3.8) is 0 Å². The molecule has 5 heteroatoms. The van der Waals surface area contributed by atoms with E-state index in [4.69, 9.17) is 5.11 Å². The molecule has 2 atom stereocenters. The molecule has 1 fully saturated rings. The van der Waals surface area contributed by atoms with E-state index in [9.17, 15) is 9.18 Å². The van der Waals surface area contributed by atoms with E-state index in [1.165, 1.54) is 12.1 Å². The first-order chi connectivity index (χ1) is 10.6. The summed E-state index contributed by atoms with van der Waals surface area (Å²) in [4.78, 5) is 14.6. The molecule has 1 aromatic rings. The summed E-state index contributed by atoms with van der Waals surface area (Å²) in [5.74, 6) is -0.178. The number of hydrogen-bond acceptors (Lipinski definition) is 3. The van der Waals surface area contributed by atoms with Gasteiger partial charge >= 0.3 is 0 Å². The summed E-state index contributed by atoms with van der Waals surface area (Å²) in [5, 5.41) is 11.9. The standard InChI is InChI=1S/C17H25FN2O2/c1-13(4-3-11-21)19-17(22)16-5-2-10-20(16)12-14-6-8-15(18)9-7-14/h6-9,13,16,21H,2-5,10-12H2,1H3,(H,19,22). The van der Waals surface area contributed by atoms with E-state index in [1.54, 1.807) is 12.1 Å². The minimum atomic E-state index is -0.239. The molecule has 0 aliphatic carbocycles. The SMILES string of the molecule is CC(CCCO)NC(=O)C1CCCN1Cc1ccc(F)cc1. The third-order valence-electron chi connectivity index (χ3n) is 4.15. The van der Waals surface area contributed by atoms with Crippen LogP contribution in [0.15, 0.2) is 24.3 Å². The lowest BCUT2D eigenvalue weighted by molar-refractivity contribution is -0.126. The van der Waals surface area contributed by atoms with Gasteiger partial charge in [-0.1, -0.05) is 12.1 Å². The molecule has 0 aromatic heterocycles. The average Bonchev–Trinajstić information content (AvgIpc) is 2.95. The molecule has 4 nitrogen and oxygen atoms in total. The zero-order valence-electron chi connectivity index (χ0n) is 13.1. The topological polar surface area (TPSA) is 52.6 Å². The summed E-state index contributed by atoms with van der Waals surface area (Å²) in [6, 6.07) is 6.42. The van der Waals surface area contributed by atoms with Gasteiger partial charge in [-0.05, 0) is 56.8 Å². The minimum absolute atomic E-state index is 0.0602. The van der Waals surface area contributed by atoms with Crippen LogP contribution in [0.25, 0.3) is 0 Å². The Kier molecular flexibility index (Phi) is 6.34. The van der Waals surface area contributed by atoms with Crippen molar-refractivity contribution in [1.82, 2.24) is 10.2 Å². The Morgan fingerprint density at radius 3 is 2.86 bits per heavy atom. The van der Waals surface area contributed by atoms with E-state index in [1.807, 2.05) is 6.92 Å². The molecule has 1 aliphatic heterocycles. The number of nitrogens with one attached hydrogen (secondary N) is 1. The van der Waals surface area contributed by atoms with E-state index in [2.05, 4.69) is 10.2 Å². The van der Waals surface area contributed by atoms with Crippen LogP contribution in [-0.4, -0.2) is 41.1 Å². The predicted octanol–water partition coefficient (Wildman–Crippen LogP) is 2.07. The number of benzene rings is 1. The first kappa shape index (κ1) is 16.9. The molecular formula is C17H25FN2O2. The molecule has 1 heterocycles. The largest absolute Gasteiger partial charge is 0.396 e. The molecule has 1 saturated heterocycles. The van der Waals surface area contributed by atoms with Crippen LogP contribution in [0.3, 0.4) is 0 Å². The number of amides is 1. The Bertz CT molecular complexity index is 478. The van der Waals surface area contributed by atoms with E-state index >= 15 is 0 Å². The number of carbonyl (C=O) groups excluding carboxylic acids is 1. The van der Waals surface area contributed by atoms with Crippen LogP contribution in [0.1, 0.15) is 38.2 Å². The fourth-order valence-electron chi connectivity index (χ4n) is 2.95. The molecule has 1 aromatic carbocycles. The maximum absolute atomic E-state index is 13.0. The molecule has 2 unspecified atom stereocenters. The molecule has 2 N–H and O–H groups in total. The lowest BCUT2D eigenvalue weighted by Crippen LogP contribution is -2.46.